The lowest BCUT2D eigenvalue weighted by Gasteiger charge is -2.32. The highest BCUT2D eigenvalue weighted by molar-refractivity contribution is 5.57. The van der Waals surface area contributed by atoms with Gasteiger partial charge in [-0.15, -0.1) is 0 Å². The lowest BCUT2D eigenvalue weighted by atomic mass is 9.96. The summed E-state index contributed by atoms with van der Waals surface area (Å²) >= 11 is 0. The van der Waals surface area contributed by atoms with Crippen molar-refractivity contribution < 1.29 is 4.39 Å². The average Bonchev–Trinajstić information content (AvgIpc) is 2.55. The van der Waals surface area contributed by atoms with Gasteiger partial charge in [0.05, 0.1) is 6.04 Å². The predicted octanol–water partition coefficient (Wildman–Crippen LogP) is 3.86. The van der Waals surface area contributed by atoms with E-state index in [9.17, 15) is 4.39 Å². The van der Waals surface area contributed by atoms with Crippen LogP contribution in [0.2, 0.25) is 0 Å². The van der Waals surface area contributed by atoms with Crippen LogP contribution in [-0.4, -0.2) is 13.1 Å². The maximum absolute atomic E-state index is 13.4. The molecule has 1 aliphatic heterocycles. The Bertz CT molecular complexity index is 606. The Morgan fingerprint density at radius 1 is 0.952 bits per heavy atom. The van der Waals surface area contributed by atoms with E-state index in [0.29, 0.717) is 0 Å². The number of para-hydroxylation sites is 1. The molecule has 0 saturated carbocycles. The minimum absolute atomic E-state index is 0.238. The van der Waals surface area contributed by atoms with Gasteiger partial charge in [-0.25, -0.2) is 4.39 Å². The summed E-state index contributed by atoms with van der Waals surface area (Å²) in [4.78, 5) is 2.40. The molecule has 0 bridgehead atoms. The molecule has 0 spiro atoms. The van der Waals surface area contributed by atoms with E-state index in [0.717, 1.165) is 24.2 Å². The van der Waals surface area contributed by atoms with Crippen LogP contribution in [0.3, 0.4) is 0 Å². The predicted molar refractivity (Wildman–Crippen MR) is 84.9 cm³/mol. The topological polar surface area (TPSA) is 29.3 Å². The first kappa shape index (κ1) is 14.1. The lowest BCUT2D eigenvalue weighted by molar-refractivity contribution is 0.575. The fourth-order valence-electron chi connectivity index (χ4n) is 3.05. The van der Waals surface area contributed by atoms with Crippen LogP contribution >= 0.6 is 0 Å². The van der Waals surface area contributed by atoms with Crippen LogP contribution in [0.5, 0.6) is 0 Å². The van der Waals surface area contributed by atoms with Gasteiger partial charge in [0.15, 0.2) is 0 Å². The van der Waals surface area contributed by atoms with Gasteiger partial charge in [0, 0.05) is 18.8 Å². The Morgan fingerprint density at radius 3 is 2.48 bits per heavy atom. The van der Waals surface area contributed by atoms with Gasteiger partial charge in [-0.3, -0.25) is 0 Å². The van der Waals surface area contributed by atoms with Gasteiger partial charge in [-0.05, 0) is 48.6 Å². The third-order valence-corrected chi connectivity index (χ3v) is 4.18. The monoisotopic (exact) mass is 284 g/mol. The Labute approximate surface area is 125 Å². The summed E-state index contributed by atoms with van der Waals surface area (Å²) in [6.45, 7) is 2.15. The first-order valence-electron chi connectivity index (χ1n) is 7.60. The first-order valence-corrected chi connectivity index (χ1v) is 7.60. The molecule has 1 unspecified atom stereocenters. The second kappa shape index (κ2) is 6.27. The number of benzene rings is 2. The Kier molecular flexibility index (Phi) is 4.20. The molecule has 1 heterocycles. The number of nitrogens with zero attached hydrogens (tertiary/aromatic N) is 1. The summed E-state index contributed by atoms with van der Waals surface area (Å²) < 4.78 is 13.4. The Balaban J connectivity index is 1.94. The van der Waals surface area contributed by atoms with Crippen molar-refractivity contribution in [2.45, 2.75) is 25.3 Å². The van der Waals surface area contributed by atoms with Gasteiger partial charge in [0.1, 0.15) is 5.82 Å². The molecule has 0 radical (unpaired) electrons. The van der Waals surface area contributed by atoms with Crippen LogP contribution in [0.25, 0.3) is 0 Å². The fraction of sp³-hybridized carbons (Fsp3) is 0.333. The number of rotatable bonds is 3. The molecule has 1 saturated heterocycles. The van der Waals surface area contributed by atoms with Crippen LogP contribution in [0.1, 0.15) is 36.4 Å². The lowest BCUT2D eigenvalue weighted by Crippen LogP contribution is -2.31. The van der Waals surface area contributed by atoms with Crippen molar-refractivity contribution in [3.63, 3.8) is 0 Å². The van der Waals surface area contributed by atoms with Crippen molar-refractivity contribution in [1.82, 2.24) is 0 Å². The molecule has 2 aromatic rings. The molecular formula is C18H21FN2. The van der Waals surface area contributed by atoms with Crippen LogP contribution in [0.15, 0.2) is 48.5 Å². The molecule has 0 amide bonds. The zero-order chi connectivity index (χ0) is 14.7. The van der Waals surface area contributed by atoms with Crippen molar-refractivity contribution in [2.75, 3.05) is 18.0 Å². The Morgan fingerprint density at radius 2 is 1.71 bits per heavy atom. The van der Waals surface area contributed by atoms with E-state index in [1.807, 2.05) is 18.2 Å². The number of hydrogen-bond donors (Lipinski definition) is 1. The van der Waals surface area contributed by atoms with Crippen molar-refractivity contribution in [2.24, 2.45) is 5.73 Å². The molecule has 1 aliphatic rings. The van der Waals surface area contributed by atoms with Gasteiger partial charge in [0.2, 0.25) is 0 Å². The second-order valence-corrected chi connectivity index (χ2v) is 5.64. The maximum atomic E-state index is 13.4. The van der Waals surface area contributed by atoms with Crippen LogP contribution in [0, 0.1) is 5.82 Å². The number of anilines is 1. The van der Waals surface area contributed by atoms with E-state index in [2.05, 4.69) is 17.0 Å². The number of halogens is 1. The number of nitrogens with two attached hydrogens (primary N) is 1. The largest absolute Gasteiger partial charge is 0.371 e. The fourth-order valence-corrected chi connectivity index (χ4v) is 3.05. The zero-order valence-corrected chi connectivity index (χ0v) is 12.1. The molecule has 0 aliphatic carbocycles. The van der Waals surface area contributed by atoms with Crippen LogP contribution in [-0.2, 0) is 0 Å². The van der Waals surface area contributed by atoms with Crippen molar-refractivity contribution >= 4 is 5.69 Å². The van der Waals surface area contributed by atoms with Crippen LogP contribution in [0.4, 0.5) is 10.1 Å². The van der Waals surface area contributed by atoms with Gasteiger partial charge < -0.3 is 10.6 Å². The summed E-state index contributed by atoms with van der Waals surface area (Å²) in [6, 6.07) is 14.5. The third-order valence-electron chi connectivity index (χ3n) is 4.18. The minimum atomic E-state index is -0.293. The highest BCUT2D eigenvalue weighted by Gasteiger charge is 2.18. The Hall–Kier alpha value is -1.87. The van der Waals surface area contributed by atoms with E-state index < -0.39 is 0 Å². The quantitative estimate of drug-likeness (QED) is 0.927. The van der Waals surface area contributed by atoms with E-state index in [4.69, 9.17) is 5.73 Å². The van der Waals surface area contributed by atoms with Crippen molar-refractivity contribution in [3.05, 3.63) is 65.5 Å². The average molecular weight is 284 g/mol. The van der Waals surface area contributed by atoms with Gasteiger partial charge in [-0.2, -0.15) is 0 Å². The molecular weight excluding hydrogens is 263 g/mol. The molecule has 1 atom stereocenters. The highest BCUT2D eigenvalue weighted by Crippen LogP contribution is 2.31. The standard InChI is InChI=1S/C18H21FN2/c19-15-8-6-7-14(13-15)18(20)16-9-2-3-10-17(16)21-11-4-1-5-12-21/h2-3,6-10,13,18H,1,4-5,11-12,20H2. The van der Waals surface area contributed by atoms with Gasteiger partial charge in [0.25, 0.3) is 0 Å². The van der Waals surface area contributed by atoms with Gasteiger partial charge >= 0.3 is 0 Å². The maximum Gasteiger partial charge on any atom is 0.123 e. The third kappa shape index (κ3) is 3.08. The summed E-state index contributed by atoms with van der Waals surface area (Å²) in [5.41, 5.74) is 9.48. The molecule has 3 rings (SSSR count). The minimum Gasteiger partial charge on any atom is -0.371 e. The van der Waals surface area contributed by atoms with E-state index in [-0.39, 0.29) is 11.9 Å². The molecule has 1 fully saturated rings. The molecule has 0 aromatic heterocycles. The normalized spacial score (nSPS) is 16.8. The molecule has 2 aromatic carbocycles. The summed E-state index contributed by atoms with van der Waals surface area (Å²) in [7, 11) is 0. The molecule has 2 nitrogen and oxygen atoms in total. The molecule has 2 N–H and O–H groups in total. The smallest absolute Gasteiger partial charge is 0.123 e. The van der Waals surface area contributed by atoms with Gasteiger partial charge in [-0.1, -0.05) is 30.3 Å². The van der Waals surface area contributed by atoms with Crippen LogP contribution < -0.4 is 10.6 Å². The number of hydrogen-bond acceptors (Lipinski definition) is 2. The molecule has 110 valence electrons. The number of piperidine rings is 1. The zero-order valence-electron chi connectivity index (χ0n) is 12.1. The van der Waals surface area contributed by atoms with E-state index in [1.54, 1.807) is 6.07 Å². The summed E-state index contributed by atoms with van der Waals surface area (Å²) in [5, 5.41) is 0. The SMILES string of the molecule is NC(c1cccc(F)c1)c1ccccc1N1CCCCC1. The van der Waals surface area contributed by atoms with E-state index >= 15 is 0 Å². The van der Waals surface area contributed by atoms with E-state index in [1.165, 1.54) is 37.1 Å². The summed E-state index contributed by atoms with van der Waals surface area (Å²) in [5.74, 6) is -0.238. The molecule has 3 heteroatoms. The first-order chi connectivity index (χ1) is 10.3. The highest BCUT2D eigenvalue weighted by atomic mass is 19.1. The van der Waals surface area contributed by atoms with Crippen molar-refractivity contribution in [3.8, 4) is 0 Å². The second-order valence-electron chi connectivity index (χ2n) is 5.64. The summed E-state index contributed by atoms with van der Waals surface area (Å²) in [6.07, 6.45) is 3.75. The van der Waals surface area contributed by atoms with Crippen molar-refractivity contribution in [1.29, 1.82) is 0 Å². The molecule has 21 heavy (non-hydrogen) atoms.